The fourth-order valence-corrected chi connectivity index (χ4v) is 8.73. The smallest absolute Gasteiger partial charge is 0.311 e. The summed E-state index contributed by atoms with van der Waals surface area (Å²) in [5, 5.41) is 1.28. The summed E-state index contributed by atoms with van der Waals surface area (Å²) >= 11 is 0. The summed E-state index contributed by atoms with van der Waals surface area (Å²) in [6.45, 7) is 1.85. The van der Waals surface area contributed by atoms with E-state index in [1.807, 2.05) is 84.9 Å². The molecule has 0 amide bonds. The first-order valence-corrected chi connectivity index (χ1v) is 15.3. The number of benzene rings is 5. The summed E-state index contributed by atoms with van der Waals surface area (Å²) < 4.78 is 35.1. The van der Waals surface area contributed by atoms with Gasteiger partial charge in [0.1, 0.15) is 22.6 Å². The molecule has 8 rings (SSSR count). The Kier molecular flexibility index (Phi) is 5.58. The molecule has 0 aliphatic carbocycles. The van der Waals surface area contributed by atoms with Gasteiger partial charge in [-0.2, -0.15) is 0 Å². The Hall–Kier alpha value is -4.67. The van der Waals surface area contributed by atoms with Crippen LogP contribution < -0.4 is 34.4 Å². The highest BCUT2D eigenvalue weighted by molar-refractivity contribution is 7.75. The van der Waals surface area contributed by atoms with Crippen LogP contribution in [0.25, 0.3) is 11.1 Å². The maximum absolute atomic E-state index is 15.6. The van der Waals surface area contributed by atoms with E-state index in [1.165, 1.54) is 0 Å². The molecule has 3 aliphatic rings. The van der Waals surface area contributed by atoms with Crippen LogP contribution in [0.4, 0.5) is 11.4 Å². The van der Waals surface area contributed by atoms with E-state index in [1.54, 1.807) is 0 Å². The lowest BCUT2D eigenvalue weighted by Gasteiger charge is -2.39. The third-order valence-corrected chi connectivity index (χ3v) is 10.5. The summed E-state index contributed by atoms with van der Waals surface area (Å²) in [4.78, 5) is 4.31. The second kappa shape index (κ2) is 9.46. The Balaban J connectivity index is 1.33. The molecule has 5 aromatic carbocycles. The van der Waals surface area contributed by atoms with E-state index in [9.17, 15) is 0 Å². The Bertz CT molecular complexity index is 1830. The number of anilines is 2. The summed E-state index contributed by atoms with van der Waals surface area (Å²) in [5.41, 5.74) is 5.72. The number of rotatable bonds is 3. The molecule has 3 heterocycles. The van der Waals surface area contributed by atoms with Crippen molar-refractivity contribution in [3.05, 3.63) is 126 Å². The molecule has 0 saturated heterocycles. The predicted octanol–water partition coefficient (Wildman–Crippen LogP) is 6.69. The van der Waals surface area contributed by atoms with Crippen LogP contribution in [0.2, 0.25) is 0 Å². The fraction of sp³-hybridized carbons (Fsp3) is 0.118. The van der Waals surface area contributed by atoms with Crippen molar-refractivity contribution in [3.63, 3.8) is 0 Å². The molecule has 0 bridgehead atoms. The molecule has 1 unspecified atom stereocenters. The molecule has 0 radical (unpaired) electrons. The van der Waals surface area contributed by atoms with E-state index in [2.05, 4.69) is 40.1 Å². The normalized spacial score (nSPS) is 18.5. The van der Waals surface area contributed by atoms with Gasteiger partial charge >= 0.3 is 7.37 Å². The van der Waals surface area contributed by atoms with Crippen molar-refractivity contribution in [1.82, 2.24) is 0 Å². The number of nitrogens with zero attached hydrogens (tertiary/aromatic N) is 2. The lowest BCUT2D eigenvalue weighted by Crippen LogP contribution is -2.40. The molecule has 0 aromatic heterocycles. The number of hydrogen-bond donors (Lipinski definition) is 0. The average Bonchev–Trinajstić information content (AvgIpc) is 3.04. The van der Waals surface area contributed by atoms with Gasteiger partial charge in [-0.25, -0.2) is 0 Å². The summed E-state index contributed by atoms with van der Waals surface area (Å²) in [6, 6.07) is 38.1. The highest BCUT2D eigenvalue weighted by atomic mass is 31.2. The molecular formula is C34H27N2O4P. The monoisotopic (exact) mass is 558 g/mol. The maximum Gasteiger partial charge on any atom is 0.311 e. The third-order valence-electron chi connectivity index (χ3n) is 8.01. The molecule has 5 aromatic rings. The molecule has 202 valence electrons. The van der Waals surface area contributed by atoms with Crippen LogP contribution in [0.5, 0.6) is 17.2 Å². The van der Waals surface area contributed by atoms with Gasteiger partial charge in [0.15, 0.2) is 13.5 Å². The van der Waals surface area contributed by atoms with E-state index in [0.717, 1.165) is 39.4 Å². The minimum absolute atomic E-state index is 0.338. The van der Waals surface area contributed by atoms with Gasteiger partial charge in [0.2, 0.25) is 0 Å². The molecule has 0 spiro atoms. The van der Waals surface area contributed by atoms with E-state index < -0.39 is 7.37 Å². The van der Waals surface area contributed by atoms with E-state index >= 15 is 4.57 Å². The molecule has 1 atom stereocenters. The van der Waals surface area contributed by atoms with Crippen LogP contribution in [-0.4, -0.2) is 13.5 Å². The molecule has 0 saturated carbocycles. The molecule has 0 fully saturated rings. The minimum Gasteiger partial charge on any atom is -0.473 e. The fourth-order valence-electron chi connectivity index (χ4n) is 6.06. The van der Waals surface area contributed by atoms with Crippen molar-refractivity contribution < 1.29 is 18.6 Å². The van der Waals surface area contributed by atoms with E-state index in [0.29, 0.717) is 48.7 Å². The number of fused-ring (bicyclic) bond motifs is 5. The van der Waals surface area contributed by atoms with Crippen molar-refractivity contribution in [2.75, 3.05) is 23.3 Å². The van der Waals surface area contributed by atoms with Gasteiger partial charge in [-0.1, -0.05) is 72.8 Å². The van der Waals surface area contributed by atoms with Crippen molar-refractivity contribution >= 4 is 29.4 Å². The largest absolute Gasteiger partial charge is 0.473 e. The SMILES string of the molecule is O=P1(c2c3c(cc4c2OCN(c2ccccc2)C4)OCN(c2ccccc2)C3)Oc2ccccc2-c2ccccc21. The zero-order chi connectivity index (χ0) is 27.4. The zero-order valence-electron chi connectivity index (χ0n) is 22.3. The van der Waals surface area contributed by atoms with Gasteiger partial charge in [0.25, 0.3) is 0 Å². The number of hydrogen-bond acceptors (Lipinski definition) is 6. The summed E-state index contributed by atoms with van der Waals surface area (Å²) in [6.07, 6.45) is 0. The standard InChI is InChI=1S/C34H27N2O4P/c37-41(32-18-10-8-16-28(32)27-15-7-9-17-30(27)40-41)34-29-21-36(26-13-5-2-6-14-26)22-38-31(29)19-24-20-35(23-39-33(24)34)25-11-3-1-4-12-25/h1-19H,20-23H2. The second-order valence-corrected chi connectivity index (χ2v) is 12.7. The van der Waals surface area contributed by atoms with Gasteiger partial charge in [-0.05, 0) is 48.0 Å². The second-order valence-electron chi connectivity index (χ2n) is 10.5. The van der Waals surface area contributed by atoms with Crippen LogP contribution in [-0.2, 0) is 17.7 Å². The van der Waals surface area contributed by atoms with Gasteiger partial charge < -0.3 is 23.8 Å². The van der Waals surface area contributed by atoms with Crippen LogP contribution >= 0.6 is 7.37 Å². The highest BCUT2D eigenvalue weighted by Gasteiger charge is 2.45. The summed E-state index contributed by atoms with van der Waals surface area (Å²) in [7, 11) is -3.67. The highest BCUT2D eigenvalue weighted by Crippen LogP contribution is 2.57. The van der Waals surface area contributed by atoms with E-state index in [-0.39, 0.29) is 0 Å². The Morgan fingerprint density at radius 1 is 0.610 bits per heavy atom. The van der Waals surface area contributed by atoms with Crippen LogP contribution in [0.1, 0.15) is 11.1 Å². The Labute approximate surface area is 238 Å². The van der Waals surface area contributed by atoms with Gasteiger partial charge in [0.05, 0.1) is 18.4 Å². The van der Waals surface area contributed by atoms with Crippen molar-refractivity contribution in [3.8, 4) is 28.4 Å². The predicted molar refractivity (Wildman–Crippen MR) is 162 cm³/mol. The Morgan fingerprint density at radius 3 is 1.98 bits per heavy atom. The zero-order valence-corrected chi connectivity index (χ0v) is 23.2. The Morgan fingerprint density at radius 2 is 1.22 bits per heavy atom. The number of para-hydroxylation sites is 3. The molecule has 7 heteroatoms. The molecular weight excluding hydrogens is 531 g/mol. The first kappa shape index (κ1) is 24.2. The van der Waals surface area contributed by atoms with Gasteiger partial charge in [-0.3, -0.25) is 4.57 Å². The molecule has 3 aliphatic heterocycles. The van der Waals surface area contributed by atoms with Gasteiger partial charge in [-0.15, -0.1) is 0 Å². The lowest BCUT2D eigenvalue weighted by atomic mass is 10.0. The van der Waals surface area contributed by atoms with Crippen molar-refractivity contribution in [2.45, 2.75) is 13.1 Å². The van der Waals surface area contributed by atoms with Crippen molar-refractivity contribution in [2.24, 2.45) is 0 Å². The lowest BCUT2D eigenvalue weighted by molar-refractivity contribution is 0.276. The van der Waals surface area contributed by atoms with Crippen LogP contribution in [0, 0.1) is 0 Å². The molecule has 6 nitrogen and oxygen atoms in total. The van der Waals surface area contributed by atoms with Gasteiger partial charge in [0, 0.05) is 28.1 Å². The first-order valence-electron chi connectivity index (χ1n) is 13.7. The minimum atomic E-state index is -3.67. The first-order chi connectivity index (χ1) is 20.2. The summed E-state index contributed by atoms with van der Waals surface area (Å²) in [5.74, 6) is 1.96. The maximum atomic E-state index is 15.6. The quantitative estimate of drug-likeness (QED) is 0.230. The molecule has 0 N–H and O–H groups in total. The number of ether oxygens (including phenoxy) is 2. The third kappa shape index (κ3) is 3.90. The van der Waals surface area contributed by atoms with Crippen LogP contribution in [0.3, 0.4) is 0 Å². The average molecular weight is 559 g/mol. The van der Waals surface area contributed by atoms with E-state index in [4.69, 9.17) is 14.0 Å². The topological polar surface area (TPSA) is 51.2 Å². The van der Waals surface area contributed by atoms with Crippen molar-refractivity contribution in [1.29, 1.82) is 0 Å². The molecule has 41 heavy (non-hydrogen) atoms. The van der Waals surface area contributed by atoms with Crippen LogP contribution in [0.15, 0.2) is 115 Å².